The summed E-state index contributed by atoms with van der Waals surface area (Å²) in [5.41, 5.74) is 6.72. The predicted octanol–water partition coefficient (Wildman–Crippen LogP) is 6.40. The second kappa shape index (κ2) is 8.50. The van der Waals surface area contributed by atoms with Gasteiger partial charge in [-0.2, -0.15) is 5.10 Å². The van der Waals surface area contributed by atoms with Crippen molar-refractivity contribution in [3.8, 4) is 22.6 Å². The number of carbonyl (C=O) groups excluding carboxylic acids is 1. The predicted molar refractivity (Wildman–Crippen MR) is 139 cm³/mol. The van der Waals surface area contributed by atoms with Gasteiger partial charge in [0.2, 0.25) is 12.7 Å². The molecule has 3 heterocycles. The number of aryl methyl sites for hydroxylation is 1. The molecule has 0 aliphatic carbocycles. The van der Waals surface area contributed by atoms with Crippen molar-refractivity contribution < 1.29 is 14.3 Å². The number of aromatic nitrogens is 1. The van der Waals surface area contributed by atoms with Crippen LogP contribution in [0.25, 0.3) is 22.0 Å². The largest absolute Gasteiger partial charge is 0.454 e. The lowest BCUT2D eigenvalue weighted by molar-refractivity contribution is -0.130. The maximum absolute atomic E-state index is 12.7. The molecule has 0 unspecified atom stereocenters. The van der Waals surface area contributed by atoms with Crippen molar-refractivity contribution in [3.05, 3.63) is 88.0 Å². The number of pyridine rings is 1. The van der Waals surface area contributed by atoms with Gasteiger partial charge in [-0.1, -0.05) is 52.3 Å². The van der Waals surface area contributed by atoms with Gasteiger partial charge in [0.25, 0.3) is 0 Å². The van der Waals surface area contributed by atoms with Crippen LogP contribution in [-0.2, 0) is 4.79 Å². The van der Waals surface area contributed by atoms with Gasteiger partial charge in [-0.25, -0.2) is 5.01 Å². The SMILES string of the molecule is CC(=O)N1N=C(c2c(C)nc3ccc(Br)cc3c2-c2ccccc2)C[C@H]1c1ccc2c(c1)OCO2. The third kappa shape index (κ3) is 3.76. The number of fused-ring (bicyclic) bond motifs is 2. The fourth-order valence-corrected chi connectivity index (χ4v) is 5.31. The molecule has 6 nitrogen and oxygen atoms in total. The molecule has 0 radical (unpaired) electrons. The minimum absolute atomic E-state index is 0.113. The van der Waals surface area contributed by atoms with Gasteiger partial charge in [0, 0.05) is 40.0 Å². The van der Waals surface area contributed by atoms with Gasteiger partial charge in [0.05, 0.1) is 17.3 Å². The van der Waals surface area contributed by atoms with Crippen LogP contribution in [0.2, 0.25) is 0 Å². The molecule has 0 saturated carbocycles. The maximum Gasteiger partial charge on any atom is 0.240 e. The summed E-state index contributed by atoms with van der Waals surface area (Å²) in [6, 6.07) is 22.0. The van der Waals surface area contributed by atoms with Gasteiger partial charge in [-0.15, -0.1) is 0 Å². The van der Waals surface area contributed by atoms with Crippen molar-refractivity contribution in [1.82, 2.24) is 9.99 Å². The van der Waals surface area contributed by atoms with E-state index in [-0.39, 0.29) is 18.7 Å². The molecule has 1 atom stereocenters. The van der Waals surface area contributed by atoms with Crippen molar-refractivity contribution >= 4 is 38.5 Å². The highest BCUT2D eigenvalue weighted by Gasteiger charge is 2.34. The minimum atomic E-state index is -0.238. The molecule has 174 valence electrons. The molecule has 0 N–H and O–H groups in total. The summed E-state index contributed by atoms with van der Waals surface area (Å²) in [4.78, 5) is 17.6. The lowest BCUT2D eigenvalue weighted by Gasteiger charge is -2.20. The topological polar surface area (TPSA) is 64.0 Å². The van der Waals surface area contributed by atoms with Crippen LogP contribution in [0.15, 0.2) is 76.3 Å². The van der Waals surface area contributed by atoms with E-state index >= 15 is 0 Å². The van der Waals surface area contributed by atoms with Crippen molar-refractivity contribution in [2.45, 2.75) is 26.3 Å². The summed E-state index contributed by atoms with van der Waals surface area (Å²) >= 11 is 3.63. The number of halogens is 1. The molecule has 0 saturated heterocycles. The Morgan fingerprint density at radius 1 is 1.00 bits per heavy atom. The van der Waals surface area contributed by atoms with Gasteiger partial charge >= 0.3 is 0 Å². The normalized spacial score (nSPS) is 16.6. The monoisotopic (exact) mass is 527 g/mol. The Kier molecular flexibility index (Phi) is 5.29. The zero-order valence-corrected chi connectivity index (χ0v) is 20.9. The van der Waals surface area contributed by atoms with Crippen LogP contribution >= 0.6 is 15.9 Å². The van der Waals surface area contributed by atoms with Crippen LogP contribution in [0.3, 0.4) is 0 Å². The molecular formula is C28H22BrN3O3. The number of amides is 1. The zero-order chi connectivity index (χ0) is 24.1. The summed E-state index contributed by atoms with van der Waals surface area (Å²) in [5.74, 6) is 1.30. The Balaban J connectivity index is 1.53. The van der Waals surface area contributed by atoms with Gasteiger partial charge < -0.3 is 9.47 Å². The second-order valence-electron chi connectivity index (χ2n) is 8.72. The summed E-state index contributed by atoms with van der Waals surface area (Å²) in [7, 11) is 0. The molecule has 0 fully saturated rings. The van der Waals surface area contributed by atoms with E-state index in [0.717, 1.165) is 49.0 Å². The van der Waals surface area contributed by atoms with Crippen LogP contribution < -0.4 is 9.47 Å². The molecule has 7 heteroatoms. The number of hydrazone groups is 1. The molecular weight excluding hydrogens is 506 g/mol. The average molecular weight is 528 g/mol. The molecule has 1 amide bonds. The highest BCUT2D eigenvalue weighted by molar-refractivity contribution is 9.10. The second-order valence-corrected chi connectivity index (χ2v) is 9.63. The number of benzene rings is 3. The summed E-state index contributed by atoms with van der Waals surface area (Å²) < 4.78 is 12.0. The third-order valence-corrected chi connectivity index (χ3v) is 6.99. The van der Waals surface area contributed by atoms with Crippen LogP contribution in [0.5, 0.6) is 11.5 Å². The highest BCUT2D eigenvalue weighted by Crippen LogP contribution is 2.42. The first-order chi connectivity index (χ1) is 17.0. The molecule has 3 aromatic carbocycles. The van der Waals surface area contributed by atoms with E-state index in [1.807, 2.05) is 55.5 Å². The summed E-state index contributed by atoms with van der Waals surface area (Å²) in [6.45, 7) is 3.77. The first-order valence-electron chi connectivity index (χ1n) is 11.4. The van der Waals surface area contributed by atoms with Crippen LogP contribution in [-0.4, -0.2) is 28.4 Å². The van der Waals surface area contributed by atoms with Crippen molar-refractivity contribution in [2.75, 3.05) is 6.79 Å². The molecule has 2 aliphatic heterocycles. The van der Waals surface area contributed by atoms with Crippen molar-refractivity contribution in [1.29, 1.82) is 0 Å². The number of hydrogen-bond acceptors (Lipinski definition) is 5. The van der Waals surface area contributed by atoms with Gasteiger partial charge in [0.1, 0.15) is 0 Å². The lowest BCUT2D eigenvalue weighted by Crippen LogP contribution is -2.24. The Morgan fingerprint density at radius 2 is 1.80 bits per heavy atom. The fraction of sp³-hybridized carbons (Fsp3) is 0.179. The first-order valence-corrected chi connectivity index (χ1v) is 12.2. The Morgan fingerprint density at radius 3 is 2.60 bits per heavy atom. The van der Waals surface area contributed by atoms with E-state index in [1.54, 1.807) is 11.9 Å². The van der Waals surface area contributed by atoms with E-state index < -0.39 is 0 Å². The van der Waals surface area contributed by atoms with E-state index in [1.165, 1.54) is 0 Å². The molecule has 4 aromatic rings. The Hall–Kier alpha value is -3.71. The molecule has 6 rings (SSSR count). The highest BCUT2D eigenvalue weighted by atomic mass is 79.9. The zero-order valence-electron chi connectivity index (χ0n) is 19.3. The fourth-order valence-electron chi connectivity index (χ4n) is 4.95. The van der Waals surface area contributed by atoms with E-state index in [0.29, 0.717) is 17.9 Å². The number of nitrogens with zero attached hydrogens (tertiary/aromatic N) is 3. The number of carbonyl (C=O) groups is 1. The van der Waals surface area contributed by atoms with Crippen LogP contribution in [0.1, 0.15) is 36.2 Å². The summed E-state index contributed by atoms with van der Waals surface area (Å²) in [5, 5.41) is 7.47. The molecule has 2 aliphatic rings. The average Bonchev–Trinajstić information content (AvgIpc) is 3.51. The van der Waals surface area contributed by atoms with Crippen LogP contribution in [0.4, 0.5) is 0 Å². The van der Waals surface area contributed by atoms with E-state index in [9.17, 15) is 4.79 Å². The van der Waals surface area contributed by atoms with Gasteiger partial charge in [-0.3, -0.25) is 9.78 Å². The number of rotatable bonds is 3. The molecule has 35 heavy (non-hydrogen) atoms. The third-order valence-electron chi connectivity index (χ3n) is 6.49. The standard InChI is InChI=1S/C28H22BrN3O3/c1-16-27(28(18-6-4-3-5-7-18)21-13-20(29)9-10-22(21)30-16)23-14-24(32(31-23)17(2)33)19-8-11-25-26(12-19)35-15-34-25/h3-13,24H,14-15H2,1-2H3/t24-/m0/s1. The quantitative estimate of drug-likeness (QED) is 0.309. The number of hydrogen-bond donors (Lipinski definition) is 0. The Labute approximate surface area is 211 Å². The lowest BCUT2D eigenvalue weighted by atomic mass is 9.89. The maximum atomic E-state index is 12.7. The summed E-state index contributed by atoms with van der Waals surface area (Å²) in [6.07, 6.45) is 0.571. The Bertz CT molecular complexity index is 1520. The van der Waals surface area contributed by atoms with Crippen LogP contribution in [0, 0.1) is 6.92 Å². The van der Waals surface area contributed by atoms with Crippen molar-refractivity contribution in [2.24, 2.45) is 5.10 Å². The molecule has 0 spiro atoms. The minimum Gasteiger partial charge on any atom is -0.454 e. The smallest absolute Gasteiger partial charge is 0.240 e. The number of ether oxygens (including phenoxy) is 2. The van der Waals surface area contributed by atoms with Gasteiger partial charge in [-0.05, 0) is 48.4 Å². The molecule has 0 bridgehead atoms. The van der Waals surface area contributed by atoms with E-state index in [4.69, 9.17) is 19.6 Å². The first kappa shape index (κ1) is 21.8. The molecule has 1 aromatic heterocycles. The van der Waals surface area contributed by atoms with E-state index in [2.05, 4.69) is 34.1 Å². The van der Waals surface area contributed by atoms with Crippen molar-refractivity contribution in [3.63, 3.8) is 0 Å². The van der Waals surface area contributed by atoms with Gasteiger partial charge in [0.15, 0.2) is 11.5 Å².